The standard InChI is InChI=1S/C36H44N2O5/c1-36(2,3)43-35(40)38-22-12-17-31(37(25-28-13-8-6-9-14-28)26-29-15-10-7-11-16-29)32(38)24-30(39)20-18-27-19-21-33(41-4)34(23-27)42-5/h6-11,13-16,18-21,23,31-32H,12,17,22,24-26H2,1-5H3/b20-18+/t31-,32+/m0/s1. The van der Waals surface area contributed by atoms with Crippen LogP contribution in [0.1, 0.15) is 56.7 Å². The Morgan fingerprint density at radius 3 is 2.05 bits per heavy atom. The number of allylic oxidation sites excluding steroid dienone is 1. The number of benzene rings is 3. The summed E-state index contributed by atoms with van der Waals surface area (Å²) in [6.07, 6.45) is 4.89. The van der Waals surface area contributed by atoms with Gasteiger partial charge in [0.1, 0.15) is 5.60 Å². The van der Waals surface area contributed by atoms with Gasteiger partial charge in [0.25, 0.3) is 0 Å². The van der Waals surface area contributed by atoms with Crippen LogP contribution in [-0.4, -0.2) is 60.1 Å². The summed E-state index contributed by atoms with van der Waals surface area (Å²) >= 11 is 0. The highest BCUT2D eigenvalue weighted by Crippen LogP contribution is 2.31. The molecule has 4 rings (SSSR count). The summed E-state index contributed by atoms with van der Waals surface area (Å²) in [7, 11) is 3.17. The van der Waals surface area contributed by atoms with Crippen LogP contribution < -0.4 is 9.47 Å². The van der Waals surface area contributed by atoms with E-state index < -0.39 is 5.60 Å². The van der Waals surface area contributed by atoms with Crippen molar-refractivity contribution in [3.63, 3.8) is 0 Å². The summed E-state index contributed by atoms with van der Waals surface area (Å²) in [4.78, 5) is 31.3. The maximum absolute atomic E-state index is 13.6. The number of hydrogen-bond donors (Lipinski definition) is 0. The lowest BCUT2D eigenvalue weighted by Gasteiger charge is -2.46. The van der Waals surface area contributed by atoms with Gasteiger partial charge in [-0.25, -0.2) is 4.79 Å². The molecule has 0 aromatic heterocycles. The topological polar surface area (TPSA) is 68.3 Å². The van der Waals surface area contributed by atoms with E-state index in [1.807, 2.05) is 75.4 Å². The van der Waals surface area contributed by atoms with Crippen LogP contribution in [0.3, 0.4) is 0 Å². The first-order valence-electron chi connectivity index (χ1n) is 14.9. The molecular formula is C36H44N2O5. The van der Waals surface area contributed by atoms with Crippen LogP contribution in [0.4, 0.5) is 4.79 Å². The molecule has 0 aliphatic carbocycles. The molecule has 0 saturated carbocycles. The molecule has 1 amide bonds. The lowest BCUT2D eigenvalue weighted by atomic mass is 9.90. The number of likely N-dealkylation sites (tertiary alicyclic amines) is 1. The van der Waals surface area contributed by atoms with E-state index in [9.17, 15) is 9.59 Å². The third-order valence-electron chi connectivity index (χ3n) is 7.58. The number of rotatable bonds is 11. The van der Waals surface area contributed by atoms with Crippen LogP contribution in [0.25, 0.3) is 6.08 Å². The lowest BCUT2D eigenvalue weighted by Crippen LogP contribution is -2.58. The highest BCUT2D eigenvalue weighted by Gasteiger charge is 2.40. The van der Waals surface area contributed by atoms with Gasteiger partial charge in [0.2, 0.25) is 0 Å². The molecule has 0 radical (unpaired) electrons. The molecule has 0 bridgehead atoms. The molecule has 0 N–H and O–H groups in total. The van der Waals surface area contributed by atoms with Crippen molar-refractivity contribution in [3.8, 4) is 11.5 Å². The fraction of sp³-hybridized carbons (Fsp3) is 0.389. The summed E-state index contributed by atoms with van der Waals surface area (Å²) < 4.78 is 16.6. The molecule has 3 aromatic rings. The van der Waals surface area contributed by atoms with Crippen LogP contribution in [0.2, 0.25) is 0 Å². The molecule has 228 valence electrons. The number of ketones is 1. The van der Waals surface area contributed by atoms with E-state index in [1.54, 1.807) is 31.3 Å². The smallest absolute Gasteiger partial charge is 0.410 e. The van der Waals surface area contributed by atoms with Gasteiger partial charge in [0.05, 0.1) is 20.3 Å². The van der Waals surface area contributed by atoms with E-state index in [0.717, 1.165) is 18.4 Å². The number of nitrogens with zero attached hydrogens (tertiary/aromatic N) is 2. The molecule has 1 fully saturated rings. The highest BCUT2D eigenvalue weighted by atomic mass is 16.6. The van der Waals surface area contributed by atoms with Gasteiger partial charge in [0.15, 0.2) is 17.3 Å². The summed E-state index contributed by atoms with van der Waals surface area (Å²) in [6.45, 7) is 7.57. The number of methoxy groups -OCH3 is 2. The molecule has 0 spiro atoms. The van der Waals surface area contributed by atoms with Crippen molar-refractivity contribution in [2.45, 2.75) is 70.8 Å². The van der Waals surface area contributed by atoms with Crippen LogP contribution in [0.5, 0.6) is 11.5 Å². The fourth-order valence-electron chi connectivity index (χ4n) is 5.60. The van der Waals surface area contributed by atoms with Gasteiger partial charge >= 0.3 is 6.09 Å². The molecule has 2 atom stereocenters. The van der Waals surface area contributed by atoms with Crippen LogP contribution in [0.15, 0.2) is 84.9 Å². The minimum atomic E-state index is -0.639. The lowest BCUT2D eigenvalue weighted by molar-refractivity contribution is -0.116. The Morgan fingerprint density at radius 1 is 0.884 bits per heavy atom. The molecule has 1 aliphatic rings. The number of carbonyl (C=O) groups excluding carboxylic acids is 2. The van der Waals surface area contributed by atoms with E-state index in [4.69, 9.17) is 14.2 Å². The summed E-state index contributed by atoms with van der Waals surface area (Å²) in [5.74, 6) is 1.17. The molecule has 3 aromatic carbocycles. The van der Waals surface area contributed by atoms with Crippen molar-refractivity contribution in [2.75, 3.05) is 20.8 Å². The number of carbonyl (C=O) groups is 2. The van der Waals surface area contributed by atoms with E-state index in [2.05, 4.69) is 29.2 Å². The van der Waals surface area contributed by atoms with Crippen molar-refractivity contribution < 1.29 is 23.8 Å². The van der Waals surface area contributed by atoms with Crippen LogP contribution >= 0.6 is 0 Å². The van der Waals surface area contributed by atoms with Crippen LogP contribution in [0, 0.1) is 0 Å². The molecule has 0 unspecified atom stereocenters. The van der Waals surface area contributed by atoms with Crippen molar-refractivity contribution in [3.05, 3.63) is 102 Å². The first-order chi connectivity index (χ1) is 20.7. The predicted molar refractivity (Wildman–Crippen MR) is 170 cm³/mol. The quantitative estimate of drug-likeness (QED) is 0.223. The van der Waals surface area contributed by atoms with Gasteiger partial charge in [-0.1, -0.05) is 72.8 Å². The summed E-state index contributed by atoms with van der Waals surface area (Å²) in [6, 6.07) is 25.8. The van der Waals surface area contributed by atoms with Crippen molar-refractivity contribution in [1.29, 1.82) is 0 Å². The summed E-state index contributed by atoms with van der Waals surface area (Å²) in [5.41, 5.74) is 2.56. The average molecular weight is 585 g/mol. The molecule has 7 heteroatoms. The first kappa shape index (κ1) is 31.8. The van der Waals surface area contributed by atoms with Crippen molar-refractivity contribution in [2.24, 2.45) is 0 Å². The Kier molecular flexibility index (Phi) is 11.0. The van der Waals surface area contributed by atoms with Crippen LogP contribution in [-0.2, 0) is 22.6 Å². The maximum Gasteiger partial charge on any atom is 0.410 e. The molecular weight excluding hydrogens is 540 g/mol. The van der Waals surface area contributed by atoms with Gasteiger partial charge in [0, 0.05) is 32.1 Å². The number of amides is 1. The van der Waals surface area contributed by atoms with Gasteiger partial charge < -0.3 is 19.1 Å². The van der Waals surface area contributed by atoms with Gasteiger partial charge in [-0.2, -0.15) is 0 Å². The monoisotopic (exact) mass is 584 g/mol. The Labute approximate surface area is 256 Å². The van der Waals surface area contributed by atoms with Gasteiger partial charge in [-0.15, -0.1) is 0 Å². The number of hydrogen-bond acceptors (Lipinski definition) is 6. The second-order valence-corrected chi connectivity index (χ2v) is 11.9. The Balaban J connectivity index is 1.64. The Hall–Kier alpha value is -4.10. The highest BCUT2D eigenvalue weighted by molar-refractivity contribution is 5.94. The molecule has 1 saturated heterocycles. The Bertz CT molecular complexity index is 1330. The van der Waals surface area contributed by atoms with E-state index in [1.165, 1.54) is 11.1 Å². The zero-order chi connectivity index (χ0) is 30.8. The minimum absolute atomic E-state index is 0.0416. The minimum Gasteiger partial charge on any atom is -0.493 e. The first-order valence-corrected chi connectivity index (χ1v) is 14.9. The predicted octanol–water partition coefficient (Wildman–Crippen LogP) is 7.15. The number of ether oxygens (including phenoxy) is 3. The van der Waals surface area contributed by atoms with E-state index >= 15 is 0 Å². The Morgan fingerprint density at radius 2 is 1.49 bits per heavy atom. The maximum atomic E-state index is 13.6. The van der Waals surface area contributed by atoms with Crippen molar-refractivity contribution in [1.82, 2.24) is 9.80 Å². The van der Waals surface area contributed by atoms with E-state index in [-0.39, 0.29) is 30.4 Å². The summed E-state index contributed by atoms with van der Waals surface area (Å²) in [5, 5.41) is 0. The second-order valence-electron chi connectivity index (χ2n) is 11.9. The molecule has 7 nitrogen and oxygen atoms in total. The molecule has 1 aliphatic heterocycles. The van der Waals surface area contributed by atoms with Crippen molar-refractivity contribution >= 4 is 18.0 Å². The second kappa shape index (κ2) is 14.9. The molecule has 43 heavy (non-hydrogen) atoms. The van der Waals surface area contributed by atoms with E-state index in [0.29, 0.717) is 31.1 Å². The normalized spacial score (nSPS) is 17.2. The largest absolute Gasteiger partial charge is 0.493 e. The zero-order valence-corrected chi connectivity index (χ0v) is 26.0. The third kappa shape index (κ3) is 9.19. The fourth-order valence-corrected chi connectivity index (χ4v) is 5.60. The average Bonchev–Trinajstić information content (AvgIpc) is 2.99. The van der Waals surface area contributed by atoms with Gasteiger partial charge in [-0.3, -0.25) is 9.69 Å². The third-order valence-corrected chi connectivity index (χ3v) is 7.58. The van der Waals surface area contributed by atoms with Gasteiger partial charge in [-0.05, 0) is 68.5 Å². The molecule has 1 heterocycles. The zero-order valence-electron chi connectivity index (χ0n) is 26.0. The number of piperidine rings is 1. The SMILES string of the molecule is COc1ccc(/C=C/C(=O)C[C@@H]2[C@@H](N(Cc3ccccc3)Cc3ccccc3)CCCN2C(=O)OC(C)(C)C)cc1OC.